The number of rotatable bonds is 3. The molecule has 3 heteroatoms. The minimum atomic E-state index is 0.647. The summed E-state index contributed by atoms with van der Waals surface area (Å²) >= 11 is 0. The number of fused-ring (bicyclic) bond motifs is 1. The van der Waals surface area contributed by atoms with Crippen LogP contribution >= 0.6 is 0 Å². The van der Waals surface area contributed by atoms with Gasteiger partial charge in [0.2, 0.25) is 0 Å². The number of nitrogens with zero attached hydrogens (tertiary/aromatic N) is 2. The molecule has 3 saturated heterocycles. The van der Waals surface area contributed by atoms with E-state index in [9.17, 15) is 0 Å². The summed E-state index contributed by atoms with van der Waals surface area (Å²) in [6, 6.07) is 10.3. The first kappa shape index (κ1) is 13.4. The van der Waals surface area contributed by atoms with E-state index >= 15 is 0 Å². The van der Waals surface area contributed by atoms with Crippen LogP contribution < -0.4 is 10.2 Å². The molecule has 0 aromatic heterocycles. The second-order valence-corrected chi connectivity index (χ2v) is 6.85. The van der Waals surface area contributed by atoms with Crippen molar-refractivity contribution in [2.24, 2.45) is 0 Å². The van der Waals surface area contributed by atoms with Crippen LogP contribution in [-0.2, 0) is 0 Å². The minimum Gasteiger partial charge on any atom is -0.379 e. The largest absolute Gasteiger partial charge is 0.379 e. The average Bonchev–Trinajstić information content (AvgIpc) is 3.18. The van der Waals surface area contributed by atoms with E-state index in [1.54, 1.807) is 0 Å². The molecule has 0 saturated carbocycles. The van der Waals surface area contributed by atoms with Gasteiger partial charge in [0.25, 0.3) is 0 Å². The lowest BCUT2D eigenvalue weighted by atomic mass is 9.98. The Labute approximate surface area is 128 Å². The fraction of sp³-hybridized carbons (Fsp3) is 0.667. The van der Waals surface area contributed by atoms with Crippen molar-refractivity contribution in [1.29, 1.82) is 0 Å². The summed E-state index contributed by atoms with van der Waals surface area (Å²) in [7, 11) is 0. The first-order chi connectivity index (χ1) is 10.4. The van der Waals surface area contributed by atoms with E-state index < -0.39 is 0 Å². The summed E-state index contributed by atoms with van der Waals surface area (Å²) in [5.74, 6) is 0. The number of piperidine rings is 1. The monoisotopic (exact) mass is 285 g/mol. The van der Waals surface area contributed by atoms with Crippen molar-refractivity contribution in [1.82, 2.24) is 4.90 Å². The highest BCUT2D eigenvalue weighted by molar-refractivity contribution is 5.70. The Kier molecular flexibility index (Phi) is 3.76. The Hall–Kier alpha value is -1.22. The quantitative estimate of drug-likeness (QED) is 0.919. The number of nitrogens with one attached hydrogen (secondary N) is 1. The molecule has 0 bridgehead atoms. The normalized spacial score (nSPS) is 29.6. The Morgan fingerprint density at radius 3 is 2.57 bits per heavy atom. The molecule has 3 aliphatic rings. The fourth-order valence-corrected chi connectivity index (χ4v) is 4.44. The second-order valence-electron chi connectivity index (χ2n) is 6.85. The summed E-state index contributed by atoms with van der Waals surface area (Å²) < 4.78 is 0. The van der Waals surface area contributed by atoms with Gasteiger partial charge in [-0.3, -0.25) is 4.90 Å². The van der Waals surface area contributed by atoms with E-state index in [1.165, 1.54) is 76.1 Å². The molecule has 0 radical (unpaired) electrons. The summed E-state index contributed by atoms with van der Waals surface area (Å²) in [4.78, 5) is 5.26. The first-order valence-electron chi connectivity index (χ1n) is 8.76. The van der Waals surface area contributed by atoms with Gasteiger partial charge in [-0.2, -0.15) is 0 Å². The predicted octanol–water partition coefficient (Wildman–Crippen LogP) is 3.33. The third kappa shape index (κ3) is 2.64. The van der Waals surface area contributed by atoms with Gasteiger partial charge in [0, 0.05) is 31.7 Å². The van der Waals surface area contributed by atoms with Crippen LogP contribution in [-0.4, -0.2) is 43.2 Å². The molecule has 2 unspecified atom stereocenters. The van der Waals surface area contributed by atoms with Crippen molar-refractivity contribution in [2.45, 2.75) is 50.6 Å². The molecule has 21 heavy (non-hydrogen) atoms. The molecule has 4 rings (SSSR count). The molecule has 0 spiro atoms. The van der Waals surface area contributed by atoms with Crippen LogP contribution in [0.15, 0.2) is 24.3 Å². The molecule has 0 aliphatic carbocycles. The van der Waals surface area contributed by atoms with Crippen molar-refractivity contribution >= 4 is 11.4 Å². The maximum Gasteiger partial charge on any atom is 0.0602 e. The number of anilines is 2. The lowest BCUT2D eigenvalue weighted by Gasteiger charge is -2.33. The van der Waals surface area contributed by atoms with E-state index in [0.717, 1.165) is 6.04 Å². The Morgan fingerprint density at radius 2 is 1.67 bits per heavy atom. The summed E-state index contributed by atoms with van der Waals surface area (Å²) in [6.45, 7) is 5.04. The molecule has 114 valence electrons. The maximum atomic E-state index is 3.90. The lowest BCUT2D eigenvalue weighted by Crippen LogP contribution is -2.41. The van der Waals surface area contributed by atoms with Gasteiger partial charge in [-0.1, -0.05) is 18.6 Å². The van der Waals surface area contributed by atoms with Gasteiger partial charge in [-0.15, -0.1) is 0 Å². The van der Waals surface area contributed by atoms with Crippen LogP contribution in [0, 0.1) is 0 Å². The maximum absolute atomic E-state index is 3.90. The van der Waals surface area contributed by atoms with Gasteiger partial charge in [0.15, 0.2) is 0 Å². The fourth-order valence-electron chi connectivity index (χ4n) is 4.44. The van der Waals surface area contributed by atoms with E-state index in [4.69, 9.17) is 0 Å². The first-order valence-corrected chi connectivity index (χ1v) is 8.76. The van der Waals surface area contributed by atoms with Crippen molar-refractivity contribution < 1.29 is 0 Å². The third-order valence-electron chi connectivity index (χ3n) is 5.55. The molecule has 3 fully saturated rings. The SMILES string of the molecule is c1ccc(N2CCCC2)c(NC2CCN3CCCCC23)c1. The van der Waals surface area contributed by atoms with Crippen molar-refractivity contribution in [3.8, 4) is 0 Å². The van der Waals surface area contributed by atoms with Gasteiger partial charge in [-0.25, -0.2) is 0 Å². The number of hydrogen-bond acceptors (Lipinski definition) is 3. The second kappa shape index (κ2) is 5.88. The summed E-state index contributed by atoms with van der Waals surface area (Å²) in [6.07, 6.45) is 8.17. The van der Waals surface area contributed by atoms with Crippen molar-refractivity contribution in [3.63, 3.8) is 0 Å². The highest BCUT2D eigenvalue weighted by Crippen LogP contribution is 2.33. The molecule has 3 aliphatic heterocycles. The number of hydrogen-bond donors (Lipinski definition) is 1. The topological polar surface area (TPSA) is 18.5 Å². The zero-order valence-corrected chi connectivity index (χ0v) is 12.9. The number of benzene rings is 1. The zero-order valence-electron chi connectivity index (χ0n) is 12.9. The van der Waals surface area contributed by atoms with Crippen molar-refractivity contribution in [3.05, 3.63) is 24.3 Å². The van der Waals surface area contributed by atoms with E-state index in [0.29, 0.717) is 6.04 Å². The Balaban J connectivity index is 1.51. The highest BCUT2D eigenvalue weighted by Gasteiger charge is 2.35. The molecule has 1 aromatic rings. The summed E-state index contributed by atoms with van der Waals surface area (Å²) in [5, 5.41) is 3.90. The van der Waals surface area contributed by atoms with Gasteiger partial charge in [0.1, 0.15) is 0 Å². The van der Waals surface area contributed by atoms with Crippen molar-refractivity contribution in [2.75, 3.05) is 36.4 Å². The van der Waals surface area contributed by atoms with Crippen LogP contribution in [0.4, 0.5) is 11.4 Å². The van der Waals surface area contributed by atoms with Crippen LogP contribution in [0.25, 0.3) is 0 Å². The molecule has 1 aromatic carbocycles. The zero-order chi connectivity index (χ0) is 14.1. The molecular formula is C18H27N3. The molecular weight excluding hydrogens is 258 g/mol. The van der Waals surface area contributed by atoms with Crippen LogP contribution in [0.5, 0.6) is 0 Å². The van der Waals surface area contributed by atoms with Gasteiger partial charge >= 0.3 is 0 Å². The molecule has 1 N–H and O–H groups in total. The lowest BCUT2D eigenvalue weighted by molar-refractivity contribution is 0.193. The smallest absolute Gasteiger partial charge is 0.0602 e. The molecule has 2 atom stereocenters. The Bertz CT molecular complexity index is 481. The Morgan fingerprint density at radius 1 is 0.857 bits per heavy atom. The average molecular weight is 285 g/mol. The highest BCUT2D eigenvalue weighted by atomic mass is 15.2. The predicted molar refractivity (Wildman–Crippen MR) is 89.1 cm³/mol. The van der Waals surface area contributed by atoms with Crippen LogP contribution in [0.1, 0.15) is 38.5 Å². The standard InChI is InChI=1S/C18H27N3/c1-2-8-17(20-12-5-6-13-20)15(7-1)19-16-10-14-21-11-4-3-9-18(16)21/h1-2,7-8,16,18-19H,3-6,9-14H2. The van der Waals surface area contributed by atoms with Gasteiger partial charge in [0.05, 0.1) is 11.4 Å². The summed E-state index contributed by atoms with van der Waals surface area (Å²) in [5.41, 5.74) is 2.78. The van der Waals surface area contributed by atoms with Gasteiger partial charge in [-0.05, 0) is 50.8 Å². The van der Waals surface area contributed by atoms with E-state index in [1.807, 2.05) is 0 Å². The van der Waals surface area contributed by atoms with E-state index in [2.05, 4.69) is 39.4 Å². The van der Waals surface area contributed by atoms with Crippen LogP contribution in [0.2, 0.25) is 0 Å². The molecule has 3 nitrogen and oxygen atoms in total. The molecule has 0 amide bonds. The number of para-hydroxylation sites is 2. The third-order valence-corrected chi connectivity index (χ3v) is 5.55. The van der Waals surface area contributed by atoms with E-state index in [-0.39, 0.29) is 0 Å². The van der Waals surface area contributed by atoms with Crippen LogP contribution in [0.3, 0.4) is 0 Å². The van der Waals surface area contributed by atoms with Gasteiger partial charge < -0.3 is 10.2 Å². The minimum absolute atomic E-state index is 0.647. The molecule has 3 heterocycles.